The Hall–Kier alpha value is -1.34. The molecule has 83 valence electrons. The van der Waals surface area contributed by atoms with Crippen LogP contribution in [0.1, 0.15) is 22.6 Å². The van der Waals surface area contributed by atoms with Gasteiger partial charge in [-0.1, -0.05) is 54.2 Å². The van der Waals surface area contributed by atoms with Crippen molar-refractivity contribution in [3.63, 3.8) is 0 Å². The van der Waals surface area contributed by atoms with E-state index in [4.69, 9.17) is 0 Å². The molecule has 2 aliphatic carbocycles. The number of hydrogen-bond acceptors (Lipinski definition) is 0. The third-order valence-electron chi connectivity index (χ3n) is 4.55. The lowest BCUT2D eigenvalue weighted by Crippen LogP contribution is -2.67. The molecule has 1 radical (unpaired) electrons. The highest BCUT2D eigenvalue weighted by molar-refractivity contribution is 7.05. The predicted octanol–water partition coefficient (Wildman–Crippen LogP) is 2.43. The van der Waals surface area contributed by atoms with Crippen LogP contribution in [0.2, 0.25) is 13.1 Å². The second-order valence-corrected chi connectivity index (χ2v) is 10.1. The van der Waals surface area contributed by atoms with E-state index in [1.807, 2.05) is 0 Å². The molecule has 1 unspecified atom stereocenters. The quantitative estimate of drug-likeness (QED) is 0.606. The zero-order valence-corrected chi connectivity index (χ0v) is 11.5. The van der Waals surface area contributed by atoms with Crippen LogP contribution in [-0.2, 0) is 0 Å². The van der Waals surface area contributed by atoms with Gasteiger partial charge in [-0.3, -0.25) is 0 Å². The summed E-state index contributed by atoms with van der Waals surface area (Å²) in [6.45, 7) is 7.21. The van der Waals surface area contributed by atoms with Gasteiger partial charge in [-0.05, 0) is 34.9 Å². The number of allylic oxidation sites excluding steroid dienone is 5. The molecular weight excluding hydrogens is 220 g/mol. The van der Waals surface area contributed by atoms with E-state index in [-0.39, 0.29) is 0 Å². The van der Waals surface area contributed by atoms with Crippen LogP contribution in [0.5, 0.6) is 0 Å². The first-order valence-corrected chi connectivity index (χ1v) is 9.28. The van der Waals surface area contributed by atoms with Gasteiger partial charge in [0, 0.05) is 5.92 Å². The SMILES string of the molecule is Cc1c2cc3c(c1[Si]2(C)C)[C]=C1C=CC=CC13. The Kier molecular flexibility index (Phi) is 1.55. The summed E-state index contributed by atoms with van der Waals surface area (Å²) < 4.78 is 0. The predicted molar refractivity (Wildman–Crippen MR) is 74.8 cm³/mol. The molecule has 1 atom stereocenters. The van der Waals surface area contributed by atoms with Crippen LogP contribution in [0.3, 0.4) is 0 Å². The van der Waals surface area contributed by atoms with Crippen LogP contribution >= 0.6 is 0 Å². The van der Waals surface area contributed by atoms with Gasteiger partial charge in [0.1, 0.15) is 8.07 Å². The topological polar surface area (TPSA) is 0 Å². The monoisotopic (exact) mass is 235 g/mol. The fourth-order valence-corrected chi connectivity index (χ4v) is 7.33. The molecule has 1 heteroatoms. The van der Waals surface area contributed by atoms with Crippen molar-refractivity contribution in [1.29, 1.82) is 0 Å². The van der Waals surface area contributed by atoms with Crippen LogP contribution in [0.15, 0.2) is 35.9 Å². The lowest BCUT2D eigenvalue weighted by atomic mass is 9.92. The molecule has 0 fully saturated rings. The van der Waals surface area contributed by atoms with Crippen LogP contribution in [0.4, 0.5) is 0 Å². The highest BCUT2D eigenvalue weighted by Crippen LogP contribution is 2.40. The van der Waals surface area contributed by atoms with Crippen molar-refractivity contribution in [2.45, 2.75) is 25.9 Å². The zero-order chi connectivity index (χ0) is 11.8. The maximum atomic E-state index is 3.66. The van der Waals surface area contributed by atoms with E-state index in [9.17, 15) is 0 Å². The molecule has 0 nitrogen and oxygen atoms in total. The molecule has 0 saturated heterocycles. The van der Waals surface area contributed by atoms with E-state index < -0.39 is 8.07 Å². The van der Waals surface area contributed by atoms with Gasteiger partial charge < -0.3 is 0 Å². The fourth-order valence-electron chi connectivity index (χ4n) is 3.76. The molecule has 5 rings (SSSR count). The summed E-state index contributed by atoms with van der Waals surface area (Å²) in [6.07, 6.45) is 12.5. The Morgan fingerprint density at radius 1 is 1.24 bits per heavy atom. The Balaban J connectivity index is 2.02. The fraction of sp³-hybridized carbons (Fsp3) is 0.250. The number of aryl methyl sites for hydroxylation is 1. The molecule has 0 spiro atoms. The summed E-state index contributed by atoms with van der Waals surface area (Å²) in [5.74, 6) is 0.484. The number of fused-ring (bicyclic) bond motifs is 1. The maximum absolute atomic E-state index is 3.66. The van der Waals surface area contributed by atoms with Gasteiger partial charge in [-0.25, -0.2) is 0 Å². The van der Waals surface area contributed by atoms with Gasteiger partial charge in [0.2, 0.25) is 0 Å². The minimum Gasteiger partial charge on any atom is -0.0726 e. The summed E-state index contributed by atoms with van der Waals surface area (Å²) in [6, 6.07) is 2.47. The molecule has 1 aromatic carbocycles. The number of rotatable bonds is 0. The third-order valence-corrected chi connectivity index (χ3v) is 8.29. The van der Waals surface area contributed by atoms with Crippen molar-refractivity contribution in [2.75, 3.05) is 0 Å². The second-order valence-electron chi connectivity index (χ2n) is 5.82. The van der Waals surface area contributed by atoms with Crippen LogP contribution in [-0.4, -0.2) is 8.07 Å². The van der Waals surface area contributed by atoms with Gasteiger partial charge in [0.25, 0.3) is 0 Å². The van der Waals surface area contributed by atoms with Crippen molar-refractivity contribution in [2.24, 2.45) is 0 Å². The molecule has 0 aromatic heterocycles. The van der Waals surface area contributed by atoms with Crippen molar-refractivity contribution < 1.29 is 0 Å². The molecule has 0 saturated carbocycles. The van der Waals surface area contributed by atoms with Crippen molar-refractivity contribution in [3.05, 3.63) is 58.7 Å². The van der Waals surface area contributed by atoms with Crippen molar-refractivity contribution >= 4 is 18.4 Å². The normalized spacial score (nSPS) is 25.1. The average molecular weight is 235 g/mol. The highest BCUT2D eigenvalue weighted by atomic mass is 28.3. The lowest BCUT2D eigenvalue weighted by Gasteiger charge is -2.40. The first-order valence-electron chi connectivity index (χ1n) is 6.28. The van der Waals surface area contributed by atoms with Crippen molar-refractivity contribution in [1.82, 2.24) is 0 Å². The molecule has 0 N–H and O–H groups in total. The lowest BCUT2D eigenvalue weighted by molar-refractivity contribution is 1.05. The van der Waals surface area contributed by atoms with Gasteiger partial charge >= 0.3 is 0 Å². The largest absolute Gasteiger partial charge is 0.113 e. The Labute approximate surface area is 103 Å². The van der Waals surface area contributed by atoms with E-state index in [0.29, 0.717) is 5.92 Å². The summed E-state index contributed by atoms with van der Waals surface area (Å²) >= 11 is 0. The molecule has 2 bridgehead atoms. The molecule has 17 heavy (non-hydrogen) atoms. The molecule has 2 heterocycles. The summed E-state index contributed by atoms with van der Waals surface area (Å²) in [5, 5.41) is 3.32. The van der Waals surface area contributed by atoms with E-state index in [1.165, 1.54) is 16.7 Å². The van der Waals surface area contributed by atoms with Gasteiger partial charge in [-0.2, -0.15) is 0 Å². The van der Waals surface area contributed by atoms with Crippen LogP contribution < -0.4 is 10.4 Å². The molecule has 4 aliphatic rings. The summed E-state index contributed by atoms with van der Waals surface area (Å²) in [5.41, 5.74) is 5.83. The zero-order valence-electron chi connectivity index (χ0n) is 10.5. The van der Waals surface area contributed by atoms with E-state index >= 15 is 0 Å². The molecule has 1 aromatic rings. The minimum absolute atomic E-state index is 0.484. The van der Waals surface area contributed by atoms with Crippen LogP contribution in [0.25, 0.3) is 0 Å². The average Bonchev–Trinajstić information content (AvgIpc) is 2.66. The van der Waals surface area contributed by atoms with E-state index in [1.54, 1.807) is 15.9 Å². The standard InChI is InChI=1S/C16H15Si/c1-10-15-9-13-12-7-5-4-6-11(12)8-14(13)16(10)17(15,2)3/h4-7,9,12H,1-3H3. The highest BCUT2D eigenvalue weighted by Gasteiger charge is 2.44. The van der Waals surface area contributed by atoms with E-state index in [2.05, 4.69) is 56.5 Å². The van der Waals surface area contributed by atoms with Crippen LogP contribution in [0, 0.1) is 13.0 Å². The number of hydrogen-bond donors (Lipinski definition) is 0. The maximum Gasteiger partial charge on any atom is 0.113 e. The summed E-state index contributed by atoms with van der Waals surface area (Å²) in [7, 11) is -1.25. The Morgan fingerprint density at radius 3 is 2.82 bits per heavy atom. The number of benzene rings is 1. The molecule has 0 amide bonds. The first kappa shape index (κ1) is 9.66. The third kappa shape index (κ3) is 0.952. The molecular formula is C16H15Si. The van der Waals surface area contributed by atoms with E-state index in [0.717, 1.165) is 0 Å². The smallest absolute Gasteiger partial charge is 0.0726 e. The first-order chi connectivity index (χ1) is 8.10. The van der Waals surface area contributed by atoms with Crippen molar-refractivity contribution in [3.8, 4) is 0 Å². The van der Waals surface area contributed by atoms with Gasteiger partial charge in [0.05, 0.1) is 0 Å². The van der Waals surface area contributed by atoms with Gasteiger partial charge in [-0.15, -0.1) is 0 Å². The van der Waals surface area contributed by atoms with Gasteiger partial charge in [0.15, 0.2) is 0 Å². The molecule has 2 aliphatic heterocycles. The minimum atomic E-state index is -1.25. The summed E-state index contributed by atoms with van der Waals surface area (Å²) in [4.78, 5) is 0. The Bertz CT molecular complexity index is 642. The second kappa shape index (κ2) is 2.73. The Morgan fingerprint density at radius 2 is 2.06 bits per heavy atom.